The third-order valence-electron chi connectivity index (χ3n) is 3.65. The second-order valence-corrected chi connectivity index (χ2v) is 5.18. The number of aromatic nitrogens is 2. The normalized spacial score (nSPS) is 10.7. The molecule has 5 heteroatoms. The number of hydrogen-bond donors (Lipinski definition) is 1. The molecule has 0 unspecified atom stereocenters. The van der Waals surface area contributed by atoms with E-state index in [1.165, 1.54) is 12.1 Å². The van der Waals surface area contributed by atoms with Crippen molar-refractivity contribution in [2.24, 2.45) is 7.05 Å². The topological polar surface area (TPSA) is 46.9 Å². The maximum atomic E-state index is 13.0. The maximum absolute atomic E-state index is 13.0. The number of nitrogens with zero attached hydrogens (tertiary/aromatic N) is 2. The molecule has 112 valence electrons. The van der Waals surface area contributed by atoms with Crippen LogP contribution in [-0.2, 0) is 24.8 Å². The largest absolute Gasteiger partial charge is 0.352 e. The summed E-state index contributed by atoms with van der Waals surface area (Å²) in [5.41, 5.74) is 3.87. The summed E-state index contributed by atoms with van der Waals surface area (Å²) in [6.07, 6.45) is 0.885. The number of rotatable bonds is 5. The van der Waals surface area contributed by atoms with E-state index >= 15 is 0 Å². The molecule has 0 spiro atoms. The SMILES string of the molecule is Cc1nn(C)c(C)c1CNC(=O)CCc1cccc(F)c1. The molecule has 0 aliphatic rings. The fourth-order valence-electron chi connectivity index (χ4n) is 2.30. The van der Waals surface area contributed by atoms with Gasteiger partial charge in [0.2, 0.25) is 5.91 Å². The lowest BCUT2D eigenvalue weighted by Gasteiger charge is -2.06. The van der Waals surface area contributed by atoms with Gasteiger partial charge in [-0.15, -0.1) is 0 Å². The van der Waals surface area contributed by atoms with Crippen molar-refractivity contribution >= 4 is 5.91 Å². The monoisotopic (exact) mass is 289 g/mol. The number of carbonyl (C=O) groups is 1. The van der Waals surface area contributed by atoms with E-state index in [0.29, 0.717) is 19.4 Å². The van der Waals surface area contributed by atoms with E-state index in [1.54, 1.807) is 6.07 Å². The lowest BCUT2D eigenvalue weighted by Crippen LogP contribution is -2.23. The van der Waals surface area contributed by atoms with Crippen LogP contribution < -0.4 is 5.32 Å². The highest BCUT2D eigenvalue weighted by Gasteiger charge is 2.10. The Kier molecular flexibility index (Phi) is 4.73. The van der Waals surface area contributed by atoms with Gasteiger partial charge >= 0.3 is 0 Å². The van der Waals surface area contributed by atoms with Crippen LogP contribution in [-0.4, -0.2) is 15.7 Å². The minimum Gasteiger partial charge on any atom is -0.352 e. The first-order valence-electron chi connectivity index (χ1n) is 6.97. The van der Waals surface area contributed by atoms with E-state index in [1.807, 2.05) is 31.6 Å². The van der Waals surface area contributed by atoms with E-state index in [2.05, 4.69) is 10.4 Å². The second-order valence-electron chi connectivity index (χ2n) is 5.18. The molecule has 0 saturated carbocycles. The molecule has 4 nitrogen and oxygen atoms in total. The van der Waals surface area contributed by atoms with Gasteiger partial charge in [-0.05, 0) is 38.0 Å². The zero-order chi connectivity index (χ0) is 15.4. The van der Waals surface area contributed by atoms with Gasteiger partial charge in [0, 0.05) is 31.3 Å². The van der Waals surface area contributed by atoms with Crippen molar-refractivity contribution in [3.05, 3.63) is 52.6 Å². The highest BCUT2D eigenvalue weighted by atomic mass is 19.1. The van der Waals surface area contributed by atoms with Crippen molar-refractivity contribution in [2.45, 2.75) is 33.2 Å². The van der Waals surface area contributed by atoms with E-state index in [0.717, 1.165) is 22.5 Å². The van der Waals surface area contributed by atoms with Crippen molar-refractivity contribution in [3.63, 3.8) is 0 Å². The zero-order valence-corrected chi connectivity index (χ0v) is 12.6. The van der Waals surface area contributed by atoms with Crippen LogP contribution in [0.1, 0.15) is 28.9 Å². The van der Waals surface area contributed by atoms with Crippen molar-refractivity contribution < 1.29 is 9.18 Å². The van der Waals surface area contributed by atoms with Crippen molar-refractivity contribution in [1.29, 1.82) is 0 Å². The number of benzene rings is 1. The zero-order valence-electron chi connectivity index (χ0n) is 12.6. The van der Waals surface area contributed by atoms with Crippen LogP contribution in [0.15, 0.2) is 24.3 Å². The summed E-state index contributed by atoms with van der Waals surface area (Å²) >= 11 is 0. The lowest BCUT2D eigenvalue weighted by atomic mass is 10.1. The number of amides is 1. The highest BCUT2D eigenvalue weighted by molar-refractivity contribution is 5.76. The Morgan fingerprint density at radius 1 is 1.38 bits per heavy atom. The summed E-state index contributed by atoms with van der Waals surface area (Å²) in [6, 6.07) is 6.34. The molecule has 1 amide bonds. The van der Waals surface area contributed by atoms with Crippen molar-refractivity contribution in [2.75, 3.05) is 0 Å². The first kappa shape index (κ1) is 15.2. The van der Waals surface area contributed by atoms with Crippen LogP contribution in [0.25, 0.3) is 0 Å². The average Bonchev–Trinajstić information content (AvgIpc) is 2.68. The summed E-state index contributed by atoms with van der Waals surface area (Å²) in [5, 5.41) is 7.21. The Hall–Kier alpha value is -2.17. The molecule has 2 aromatic rings. The summed E-state index contributed by atoms with van der Waals surface area (Å²) in [7, 11) is 1.89. The molecule has 1 aromatic carbocycles. The van der Waals surface area contributed by atoms with Crippen molar-refractivity contribution in [1.82, 2.24) is 15.1 Å². The molecule has 2 rings (SSSR count). The Balaban J connectivity index is 1.85. The Morgan fingerprint density at radius 3 is 2.76 bits per heavy atom. The molecule has 1 aromatic heterocycles. The third-order valence-corrected chi connectivity index (χ3v) is 3.65. The minimum atomic E-state index is -0.269. The number of carbonyl (C=O) groups excluding carboxylic acids is 1. The summed E-state index contributed by atoms with van der Waals surface area (Å²) < 4.78 is 14.9. The molecular formula is C16H20FN3O. The number of nitrogens with one attached hydrogen (secondary N) is 1. The van der Waals surface area contributed by atoms with Gasteiger partial charge in [-0.2, -0.15) is 5.10 Å². The molecule has 0 aliphatic heterocycles. The van der Waals surface area contributed by atoms with Crippen LogP contribution in [0.4, 0.5) is 4.39 Å². The molecule has 0 fully saturated rings. The van der Waals surface area contributed by atoms with Crippen LogP contribution in [0.3, 0.4) is 0 Å². The molecule has 0 radical (unpaired) electrons. The minimum absolute atomic E-state index is 0.0399. The van der Waals surface area contributed by atoms with Gasteiger partial charge in [0.05, 0.1) is 5.69 Å². The van der Waals surface area contributed by atoms with Gasteiger partial charge < -0.3 is 5.32 Å². The Bertz CT molecular complexity index is 649. The summed E-state index contributed by atoms with van der Waals surface area (Å²) in [6.45, 7) is 4.39. The van der Waals surface area contributed by atoms with Crippen LogP contribution >= 0.6 is 0 Å². The average molecular weight is 289 g/mol. The quantitative estimate of drug-likeness (QED) is 0.919. The highest BCUT2D eigenvalue weighted by Crippen LogP contribution is 2.11. The fourth-order valence-corrected chi connectivity index (χ4v) is 2.30. The predicted molar refractivity (Wildman–Crippen MR) is 79.2 cm³/mol. The smallest absolute Gasteiger partial charge is 0.220 e. The fraction of sp³-hybridized carbons (Fsp3) is 0.375. The molecular weight excluding hydrogens is 269 g/mol. The standard InChI is InChI=1S/C16H20FN3O/c1-11-15(12(2)20(3)19-11)10-18-16(21)8-7-13-5-4-6-14(17)9-13/h4-6,9H,7-8,10H2,1-3H3,(H,18,21). The number of aryl methyl sites for hydroxylation is 3. The maximum Gasteiger partial charge on any atom is 0.220 e. The van der Waals surface area contributed by atoms with Gasteiger partial charge in [-0.25, -0.2) is 4.39 Å². The molecule has 1 N–H and O–H groups in total. The van der Waals surface area contributed by atoms with Crippen molar-refractivity contribution in [3.8, 4) is 0 Å². The molecule has 0 atom stereocenters. The van der Waals surface area contributed by atoms with Crippen LogP contribution in [0.5, 0.6) is 0 Å². The van der Waals surface area contributed by atoms with Gasteiger partial charge in [-0.3, -0.25) is 9.48 Å². The van der Waals surface area contributed by atoms with E-state index < -0.39 is 0 Å². The van der Waals surface area contributed by atoms with Crippen LogP contribution in [0, 0.1) is 19.7 Å². The Labute approximate surface area is 124 Å². The summed E-state index contributed by atoms with van der Waals surface area (Å²) in [5.74, 6) is -0.309. The van der Waals surface area contributed by atoms with Gasteiger partial charge in [-0.1, -0.05) is 12.1 Å². The molecule has 1 heterocycles. The van der Waals surface area contributed by atoms with Crippen LogP contribution in [0.2, 0.25) is 0 Å². The lowest BCUT2D eigenvalue weighted by molar-refractivity contribution is -0.121. The Morgan fingerprint density at radius 2 is 2.14 bits per heavy atom. The number of halogens is 1. The molecule has 0 aliphatic carbocycles. The molecule has 0 bridgehead atoms. The number of hydrogen-bond acceptors (Lipinski definition) is 2. The predicted octanol–water partition coefficient (Wildman–Crippen LogP) is 2.43. The molecule has 21 heavy (non-hydrogen) atoms. The van der Waals surface area contributed by atoms with Gasteiger partial charge in [0.1, 0.15) is 5.82 Å². The summed E-state index contributed by atoms with van der Waals surface area (Å²) in [4.78, 5) is 11.9. The molecule has 0 saturated heterocycles. The van der Waals surface area contributed by atoms with E-state index in [-0.39, 0.29) is 11.7 Å². The first-order chi connectivity index (χ1) is 9.97. The third kappa shape index (κ3) is 3.90. The van der Waals surface area contributed by atoms with E-state index in [4.69, 9.17) is 0 Å². The second kappa shape index (κ2) is 6.52. The van der Waals surface area contributed by atoms with Gasteiger partial charge in [0.25, 0.3) is 0 Å². The van der Waals surface area contributed by atoms with Gasteiger partial charge in [0.15, 0.2) is 0 Å². The van der Waals surface area contributed by atoms with E-state index in [9.17, 15) is 9.18 Å². The first-order valence-corrected chi connectivity index (χ1v) is 6.97.